The topological polar surface area (TPSA) is 42.0 Å². The molecule has 1 amide bonds. The van der Waals surface area contributed by atoms with Gasteiger partial charge in [-0.15, -0.1) is 0 Å². The fourth-order valence-electron chi connectivity index (χ4n) is 3.05. The first-order valence-corrected chi connectivity index (χ1v) is 10.2. The highest BCUT2D eigenvalue weighted by molar-refractivity contribution is 7.99. The van der Waals surface area contributed by atoms with Gasteiger partial charge in [-0.05, 0) is 36.8 Å². The number of halogens is 2. The molecule has 0 saturated heterocycles. The molecule has 0 unspecified atom stereocenters. The summed E-state index contributed by atoms with van der Waals surface area (Å²) in [6, 6.07) is 20.3. The van der Waals surface area contributed by atoms with E-state index in [0.29, 0.717) is 28.0 Å². The summed E-state index contributed by atoms with van der Waals surface area (Å²) in [5.41, 5.74) is 3.23. The zero-order valence-corrected chi connectivity index (χ0v) is 17.0. The van der Waals surface area contributed by atoms with Gasteiger partial charge in [0.2, 0.25) is 0 Å². The largest absolute Gasteiger partial charge is 0.348 e. The fraction of sp³-hybridized carbons (Fsp3) is 0.0833. The van der Waals surface area contributed by atoms with Gasteiger partial charge in [0.05, 0.1) is 11.1 Å². The van der Waals surface area contributed by atoms with Crippen LogP contribution in [0.5, 0.6) is 0 Å². The number of benzene rings is 3. The van der Waals surface area contributed by atoms with Crippen molar-refractivity contribution >= 4 is 28.6 Å². The van der Waals surface area contributed by atoms with Gasteiger partial charge in [-0.1, -0.05) is 59.8 Å². The van der Waals surface area contributed by atoms with Crippen LogP contribution in [-0.4, -0.2) is 10.9 Å². The van der Waals surface area contributed by atoms with E-state index in [0.717, 1.165) is 29.0 Å². The average molecular weight is 420 g/mol. The number of carbonyl (C=O) groups excluding carboxylic acids is 1. The molecule has 0 aliphatic rings. The Hall–Kier alpha value is -3.25. The molecule has 150 valence electrons. The normalized spacial score (nSPS) is 10.9. The van der Waals surface area contributed by atoms with Gasteiger partial charge in [-0.3, -0.25) is 4.79 Å². The van der Waals surface area contributed by atoms with Crippen LogP contribution in [0.15, 0.2) is 82.7 Å². The number of carbonyl (C=O) groups is 1. The van der Waals surface area contributed by atoms with Crippen LogP contribution in [0.4, 0.5) is 8.78 Å². The lowest BCUT2D eigenvalue weighted by molar-refractivity contribution is 0.0952. The number of para-hydroxylation sites is 1. The Morgan fingerprint density at radius 3 is 2.53 bits per heavy atom. The molecule has 0 aliphatic heterocycles. The van der Waals surface area contributed by atoms with Crippen molar-refractivity contribution < 1.29 is 13.6 Å². The first kappa shape index (κ1) is 20.0. The van der Waals surface area contributed by atoms with Gasteiger partial charge in [0.25, 0.3) is 5.91 Å². The number of rotatable bonds is 5. The third kappa shape index (κ3) is 4.49. The highest BCUT2D eigenvalue weighted by atomic mass is 32.2. The van der Waals surface area contributed by atoms with Crippen LogP contribution in [0.25, 0.3) is 10.9 Å². The van der Waals surface area contributed by atoms with E-state index in [1.807, 2.05) is 49.4 Å². The van der Waals surface area contributed by atoms with Crippen LogP contribution in [0.1, 0.15) is 21.5 Å². The van der Waals surface area contributed by atoms with Crippen molar-refractivity contribution in [1.29, 1.82) is 0 Å². The highest BCUT2D eigenvalue weighted by Crippen LogP contribution is 2.31. The molecule has 4 rings (SSSR count). The van der Waals surface area contributed by atoms with E-state index in [9.17, 15) is 13.6 Å². The van der Waals surface area contributed by atoms with Gasteiger partial charge in [0, 0.05) is 22.9 Å². The van der Waals surface area contributed by atoms with E-state index in [-0.39, 0.29) is 10.8 Å². The number of amides is 1. The minimum absolute atomic E-state index is 0.240. The molecular weight excluding hydrogens is 402 g/mol. The predicted octanol–water partition coefficient (Wildman–Crippen LogP) is 5.90. The molecule has 3 aromatic carbocycles. The summed E-state index contributed by atoms with van der Waals surface area (Å²) in [6.45, 7) is 2.40. The van der Waals surface area contributed by atoms with E-state index in [2.05, 4.69) is 10.3 Å². The number of aryl methyl sites for hydroxylation is 1. The van der Waals surface area contributed by atoms with Gasteiger partial charge in [-0.2, -0.15) is 0 Å². The summed E-state index contributed by atoms with van der Waals surface area (Å²) < 4.78 is 27.3. The third-order valence-corrected chi connectivity index (χ3v) is 5.59. The number of pyridine rings is 1. The molecule has 1 aromatic heterocycles. The second-order valence-corrected chi connectivity index (χ2v) is 7.93. The third-order valence-electron chi connectivity index (χ3n) is 4.62. The zero-order chi connectivity index (χ0) is 21.1. The maximum atomic E-state index is 14.1. The second-order valence-electron chi connectivity index (χ2n) is 6.87. The van der Waals surface area contributed by atoms with Gasteiger partial charge in [0.1, 0.15) is 16.7 Å². The molecule has 1 N–H and O–H groups in total. The van der Waals surface area contributed by atoms with Crippen LogP contribution >= 0.6 is 11.8 Å². The van der Waals surface area contributed by atoms with Gasteiger partial charge < -0.3 is 5.32 Å². The number of aromatic nitrogens is 1. The summed E-state index contributed by atoms with van der Waals surface area (Å²) in [5, 5.41) is 4.11. The molecule has 0 fully saturated rings. The smallest absolute Gasteiger partial charge is 0.252 e. The van der Waals surface area contributed by atoms with Gasteiger partial charge in [0.15, 0.2) is 0 Å². The number of fused-ring (bicyclic) bond motifs is 1. The summed E-state index contributed by atoms with van der Waals surface area (Å²) in [7, 11) is 0. The minimum Gasteiger partial charge on any atom is -0.348 e. The summed E-state index contributed by atoms with van der Waals surface area (Å²) >= 11 is 1.05. The Morgan fingerprint density at radius 1 is 1.00 bits per heavy atom. The van der Waals surface area contributed by atoms with E-state index < -0.39 is 11.6 Å². The SMILES string of the molecule is Cc1ccc(CNC(=O)c2cc(Sc3ccc(F)cc3F)nc3ccccc23)cc1. The lowest BCUT2D eigenvalue weighted by Gasteiger charge is -2.11. The van der Waals surface area contributed by atoms with Crippen LogP contribution in [0.3, 0.4) is 0 Å². The highest BCUT2D eigenvalue weighted by Gasteiger charge is 2.15. The van der Waals surface area contributed by atoms with Crippen molar-refractivity contribution in [1.82, 2.24) is 10.3 Å². The molecule has 0 bridgehead atoms. The molecule has 4 aromatic rings. The van der Waals surface area contributed by atoms with E-state index in [4.69, 9.17) is 0 Å². The lowest BCUT2D eigenvalue weighted by Crippen LogP contribution is -2.23. The molecule has 0 saturated carbocycles. The number of nitrogens with zero attached hydrogens (tertiary/aromatic N) is 1. The molecule has 0 aliphatic carbocycles. The van der Waals surface area contributed by atoms with Crippen molar-refractivity contribution in [2.75, 3.05) is 0 Å². The number of hydrogen-bond acceptors (Lipinski definition) is 3. The van der Waals surface area contributed by atoms with Crippen molar-refractivity contribution in [2.45, 2.75) is 23.4 Å². The van der Waals surface area contributed by atoms with Crippen molar-refractivity contribution in [3.05, 3.63) is 101 Å². The molecule has 30 heavy (non-hydrogen) atoms. The average Bonchev–Trinajstić information content (AvgIpc) is 2.74. The molecule has 0 radical (unpaired) electrons. The maximum Gasteiger partial charge on any atom is 0.252 e. The number of nitrogens with one attached hydrogen (secondary N) is 1. The Kier molecular flexibility index (Phi) is 5.77. The Balaban J connectivity index is 1.64. The Morgan fingerprint density at radius 2 is 1.77 bits per heavy atom. The minimum atomic E-state index is -0.666. The maximum absolute atomic E-state index is 14.1. The van der Waals surface area contributed by atoms with E-state index in [1.54, 1.807) is 12.1 Å². The summed E-state index contributed by atoms with van der Waals surface area (Å²) in [4.78, 5) is 17.7. The van der Waals surface area contributed by atoms with Crippen LogP contribution in [0, 0.1) is 18.6 Å². The quantitative estimate of drug-likeness (QED) is 0.437. The zero-order valence-electron chi connectivity index (χ0n) is 16.2. The summed E-state index contributed by atoms with van der Waals surface area (Å²) in [6.07, 6.45) is 0. The lowest BCUT2D eigenvalue weighted by atomic mass is 10.1. The van der Waals surface area contributed by atoms with Crippen LogP contribution in [0.2, 0.25) is 0 Å². The fourth-order valence-corrected chi connectivity index (χ4v) is 3.88. The second kappa shape index (κ2) is 8.63. The first-order chi connectivity index (χ1) is 14.5. The van der Waals surface area contributed by atoms with Gasteiger partial charge in [-0.25, -0.2) is 13.8 Å². The standard InChI is InChI=1S/C24H18F2N2OS/c1-15-6-8-16(9-7-15)14-27-24(29)19-13-23(28-21-5-3-2-4-18(19)21)30-22-11-10-17(25)12-20(22)26/h2-13H,14H2,1H3,(H,27,29). The van der Waals surface area contributed by atoms with Crippen molar-refractivity contribution in [2.24, 2.45) is 0 Å². The Bertz CT molecular complexity index is 1230. The van der Waals surface area contributed by atoms with Crippen molar-refractivity contribution in [3.8, 4) is 0 Å². The molecule has 0 spiro atoms. The van der Waals surface area contributed by atoms with Crippen LogP contribution < -0.4 is 5.32 Å². The van der Waals surface area contributed by atoms with Gasteiger partial charge >= 0.3 is 0 Å². The van der Waals surface area contributed by atoms with E-state index >= 15 is 0 Å². The molecule has 0 atom stereocenters. The summed E-state index contributed by atoms with van der Waals surface area (Å²) in [5.74, 6) is -1.55. The molecule has 3 nitrogen and oxygen atoms in total. The molecule has 6 heteroatoms. The number of hydrogen-bond donors (Lipinski definition) is 1. The molecule has 1 heterocycles. The van der Waals surface area contributed by atoms with E-state index in [1.165, 1.54) is 12.1 Å². The van der Waals surface area contributed by atoms with Crippen LogP contribution in [-0.2, 0) is 6.54 Å². The van der Waals surface area contributed by atoms with Crippen molar-refractivity contribution in [3.63, 3.8) is 0 Å². The predicted molar refractivity (Wildman–Crippen MR) is 115 cm³/mol. The Labute approximate surface area is 177 Å². The monoisotopic (exact) mass is 420 g/mol. The first-order valence-electron chi connectivity index (χ1n) is 9.36. The molecular formula is C24H18F2N2OS.